The van der Waals surface area contributed by atoms with Crippen LogP contribution in [0.15, 0.2) is 29.3 Å². The highest BCUT2D eigenvalue weighted by atomic mass is 32.2. The van der Waals surface area contributed by atoms with Gasteiger partial charge in [0, 0.05) is 12.2 Å². The molecule has 1 unspecified atom stereocenters. The summed E-state index contributed by atoms with van der Waals surface area (Å²) in [4.78, 5) is 4.28. The van der Waals surface area contributed by atoms with Crippen molar-refractivity contribution in [3.05, 3.63) is 24.3 Å². The third-order valence-corrected chi connectivity index (χ3v) is 4.42. The number of nitrogens with two attached hydrogens (primary N) is 1. The van der Waals surface area contributed by atoms with Crippen molar-refractivity contribution in [2.75, 3.05) is 23.4 Å². The second kappa shape index (κ2) is 7.62. The van der Waals surface area contributed by atoms with Gasteiger partial charge in [0.1, 0.15) is 5.75 Å². The summed E-state index contributed by atoms with van der Waals surface area (Å²) in [5.74, 6) is 2.84. The zero-order valence-electron chi connectivity index (χ0n) is 11.9. The van der Waals surface area contributed by atoms with Crippen molar-refractivity contribution in [1.82, 2.24) is 0 Å². The zero-order chi connectivity index (χ0) is 16.0. The van der Waals surface area contributed by atoms with Gasteiger partial charge in [-0.3, -0.25) is 4.99 Å². The van der Waals surface area contributed by atoms with Crippen molar-refractivity contribution in [1.29, 1.82) is 0 Å². The molecule has 0 aromatic heterocycles. The van der Waals surface area contributed by atoms with Crippen molar-refractivity contribution in [3.8, 4) is 5.75 Å². The minimum Gasteiger partial charge on any atom is -0.406 e. The zero-order valence-corrected chi connectivity index (χ0v) is 12.7. The predicted molar refractivity (Wildman–Crippen MR) is 83.3 cm³/mol. The van der Waals surface area contributed by atoms with Crippen LogP contribution >= 0.6 is 11.8 Å². The number of rotatable bonds is 4. The van der Waals surface area contributed by atoms with Crippen molar-refractivity contribution < 1.29 is 17.9 Å². The molecule has 1 aliphatic heterocycles. The standard InChI is InChI=1S/C14H18F3N3OS/c15-14(16,17)21-12-5-3-11(4-6-12)20-13(18)19-8-10-2-1-7-22-9-10/h3-6,10H,1-2,7-9H2,(H3,18,19,20). The molecule has 1 fully saturated rings. The normalized spacial score (nSPS) is 19.8. The molecule has 0 spiro atoms. The summed E-state index contributed by atoms with van der Waals surface area (Å²) in [6.07, 6.45) is -2.32. The van der Waals surface area contributed by atoms with Gasteiger partial charge in [-0.15, -0.1) is 13.2 Å². The first-order valence-corrected chi connectivity index (χ1v) is 8.08. The van der Waals surface area contributed by atoms with E-state index in [2.05, 4.69) is 15.0 Å². The first kappa shape index (κ1) is 16.8. The van der Waals surface area contributed by atoms with E-state index in [4.69, 9.17) is 5.73 Å². The summed E-state index contributed by atoms with van der Waals surface area (Å²) < 4.78 is 39.9. The van der Waals surface area contributed by atoms with Crippen LogP contribution in [0.5, 0.6) is 5.75 Å². The number of halogens is 3. The first-order valence-electron chi connectivity index (χ1n) is 6.93. The molecule has 1 saturated heterocycles. The number of ether oxygens (including phenoxy) is 1. The Morgan fingerprint density at radius 2 is 2.09 bits per heavy atom. The van der Waals surface area contributed by atoms with Crippen LogP contribution in [-0.2, 0) is 0 Å². The van der Waals surface area contributed by atoms with E-state index in [0.29, 0.717) is 18.2 Å². The topological polar surface area (TPSA) is 59.6 Å². The predicted octanol–water partition coefficient (Wildman–Crippen LogP) is 3.46. The Hall–Kier alpha value is -1.57. The van der Waals surface area contributed by atoms with E-state index in [9.17, 15) is 13.2 Å². The molecule has 1 aromatic rings. The van der Waals surface area contributed by atoms with Crippen LogP contribution in [0.25, 0.3) is 0 Å². The molecular weight excluding hydrogens is 315 g/mol. The van der Waals surface area contributed by atoms with Gasteiger partial charge >= 0.3 is 6.36 Å². The molecule has 0 aliphatic carbocycles. The number of guanidine groups is 1. The molecule has 8 heteroatoms. The third kappa shape index (κ3) is 6.05. The molecular formula is C14H18F3N3OS. The minimum atomic E-state index is -4.69. The Balaban J connectivity index is 1.84. The quantitative estimate of drug-likeness (QED) is 0.654. The Morgan fingerprint density at radius 3 is 2.68 bits per heavy atom. The van der Waals surface area contributed by atoms with E-state index in [0.717, 1.165) is 12.2 Å². The fraction of sp³-hybridized carbons (Fsp3) is 0.500. The summed E-state index contributed by atoms with van der Waals surface area (Å²) >= 11 is 1.93. The van der Waals surface area contributed by atoms with Gasteiger partial charge < -0.3 is 15.8 Å². The molecule has 3 N–H and O–H groups in total. The molecule has 0 bridgehead atoms. The van der Waals surface area contributed by atoms with E-state index in [-0.39, 0.29) is 11.7 Å². The second-order valence-corrected chi connectivity index (χ2v) is 6.16. The van der Waals surface area contributed by atoms with Crippen LogP contribution in [0.1, 0.15) is 12.8 Å². The average Bonchev–Trinajstić information content (AvgIpc) is 2.47. The van der Waals surface area contributed by atoms with E-state index in [1.165, 1.54) is 36.4 Å². The molecule has 122 valence electrons. The Bertz CT molecular complexity index is 499. The largest absolute Gasteiger partial charge is 0.573 e. The molecule has 1 heterocycles. The lowest BCUT2D eigenvalue weighted by Gasteiger charge is -2.19. The molecule has 1 atom stereocenters. The van der Waals surface area contributed by atoms with Gasteiger partial charge in [-0.05, 0) is 54.5 Å². The maximum atomic E-state index is 12.1. The summed E-state index contributed by atoms with van der Waals surface area (Å²) in [6, 6.07) is 5.36. The summed E-state index contributed by atoms with van der Waals surface area (Å²) in [5, 5.41) is 2.86. The third-order valence-electron chi connectivity index (χ3n) is 3.13. The fourth-order valence-electron chi connectivity index (χ4n) is 2.11. The number of nitrogens with zero attached hydrogens (tertiary/aromatic N) is 1. The van der Waals surface area contributed by atoms with E-state index >= 15 is 0 Å². The lowest BCUT2D eigenvalue weighted by Crippen LogP contribution is -2.24. The number of hydrogen-bond donors (Lipinski definition) is 2. The van der Waals surface area contributed by atoms with Gasteiger partial charge in [0.25, 0.3) is 0 Å². The highest BCUT2D eigenvalue weighted by molar-refractivity contribution is 7.99. The number of aliphatic imine (C=N–C) groups is 1. The Morgan fingerprint density at radius 1 is 1.36 bits per heavy atom. The highest BCUT2D eigenvalue weighted by Gasteiger charge is 2.30. The van der Waals surface area contributed by atoms with Crippen molar-refractivity contribution in [2.45, 2.75) is 19.2 Å². The average molecular weight is 333 g/mol. The number of hydrogen-bond acceptors (Lipinski definition) is 3. The summed E-state index contributed by atoms with van der Waals surface area (Å²) in [6.45, 7) is 0.668. The Labute approximate surface area is 131 Å². The molecule has 22 heavy (non-hydrogen) atoms. The number of alkyl halides is 3. The van der Waals surface area contributed by atoms with Gasteiger partial charge in [0.05, 0.1) is 0 Å². The van der Waals surface area contributed by atoms with E-state index in [1.54, 1.807) is 0 Å². The van der Waals surface area contributed by atoms with Crippen molar-refractivity contribution in [3.63, 3.8) is 0 Å². The number of thioether (sulfide) groups is 1. The van der Waals surface area contributed by atoms with E-state index < -0.39 is 6.36 Å². The minimum absolute atomic E-state index is 0.264. The molecule has 1 aromatic carbocycles. The monoisotopic (exact) mass is 333 g/mol. The van der Waals surface area contributed by atoms with Crippen molar-refractivity contribution >= 4 is 23.4 Å². The second-order valence-electron chi connectivity index (χ2n) is 5.01. The smallest absolute Gasteiger partial charge is 0.406 e. The van der Waals surface area contributed by atoms with Gasteiger partial charge in [-0.1, -0.05) is 0 Å². The first-order chi connectivity index (χ1) is 10.4. The molecule has 1 aliphatic rings. The van der Waals surface area contributed by atoms with Crippen LogP contribution in [-0.4, -0.2) is 30.4 Å². The summed E-state index contributed by atoms with van der Waals surface area (Å²) in [7, 11) is 0. The SMILES string of the molecule is NC(=NCC1CCCSC1)Nc1ccc(OC(F)(F)F)cc1. The number of benzene rings is 1. The highest BCUT2D eigenvalue weighted by Crippen LogP contribution is 2.24. The van der Waals surface area contributed by atoms with E-state index in [1.807, 2.05) is 11.8 Å². The van der Waals surface area contributed by atoms with Crippen molar-refractivity contribution in [2.24, 2.45) is 16.6 Å². The molecule has 4 nitrogen and oxygen atoms in total. The number of nitrogens with one attached hydrogen (secondary N) is 1. The van der Waals surface area contributed by atoms with Crippen LogP contribution in [0.3, 0.4) is 0 Å². The summed E-state index contributed by atoms with van der Waals surface area (Å²) in [5.41, 5.74) is 6.35. The molecule has 0 saturated carbocycles. The number of anilines is 1. The lowest BCUT2D eigenvalue weighted by molar-refractivity contribution is -0.274. The van der Waals surface area contributed by atoms with Gasteiger partial charge in [0.15, 0.2) is 5.96 Å². The van der Waals surface area contributed by atoms with Gasteiger partial charge in [0.2, 0.25) is 0 Å². The lowest BCUT2D eigenvalue weighted by atomic mass is 10.1. The van der Waals surface area contributed by atoms with Crippen LogP contribution in [0.2, 0.25) is 0 Å². The maximum Gasteiger partial charge on any atom is 0.573 e. The van der Waals surface area contributed by atoms with Gasteiger partial charge in [-0.2, -0.15) is 11.8 Å². The fourth-order valence-corrected chi connectivity index (χ4v) is 3.25. The Kier molecular flexibility index (Phi) is 5.82. The molecule has 0 amide bonds. The van der Waals surface area contributed by atoms with Crippen LogP contribution in [0.4, 0.5) is 18.9 Å². The van der Waals surface area contributed by atoms with Crippen LogP contribution in [0, 0.1) is 5.92 Å². The van der Waals surface area contributed by atoms with Crippen LogP contribution < -0.4 is 15.8 Å². The molecule has 2 rings (SSSR count). The maximum absolute atomic E-state index is 12.1. The molecule has 0 radical (unpaired) electrons. The van der Waals surface area contributed by atoms with Gasteiger partial charge in [-0.25, -0.2) is 0 Å².